The van der Waals surface area contributed by atoms with Crippen LogP contribution in [0.2, 0.25) is 0 Å². The highest BCUT2D eigenvalue weighted by Gasteiger charge is 2.08. The van der Waals surface area contributed by atoms with Crippen molar-refractivity contribution < 1.29 is 0 Å². The summed E-state index contributed by atoms with van der Waals surface area (Å²) in [5, 5.41) is 3.21. The lowest BCUT2D eigenvalue weighted by atomic mass is 10.1. The molecule has 0 saturated carbocycles. The van der Waals surface area contributed by atoms with Crippen molar-refractivity contribution in [1.82, 2.24) is 5.32 Å². The van der Waals surface area contributed by atoms with Crippen LogP contribution in [0, 0.1) is 0 Å². The lowest BCUT2D eigenvalue weighted by Crippen LogP contribution is -2.26. The van der Waals surface area contributed by atoms with E-state index in [2.05, 4.69) is 22.5 Å². The van der Waals surface area contributed by atoms with Crippen molar-refractivity contribution in [3.05, 3.63) is 23.4 Å². The predicted molar refractivity (Wildman–Crippen MR) is 48.6 cm³/mol. The third kappa shape index (κ3) is 1.70. The minimum atomic E-state index is 0.814. The van der Waals surface area contributed by atoms with Gasteiger partial charge in [-0.25, -0.2) is 0 Å². The first-order chi connectivity index (χ1) is 5.27. The molecule has 0 spiro atoms. The zero-order chi connectivity index (χ0) is 8.27. The average molecular weight is 150 g/mol. The molecule has 0 fully saturated rings. The summed E-state index contributed by atoms with van der Waals surface area (Å²) >= 11 is 0. The van der Waals surface area contributed by atoms with Gasteiger partial charge in [0, 0.05) is 5.70 Å². The van der Waals surface area contributed by atoms with Gasteiger partial charge in [0.1, 0.15) is 0 Å². The summed E-state index contributed by atoms with van der Waals surface area (Å²) in [6, 6.07) is 0. The van der Waals surface area contributed by atoms with E-state index in [4.69, 9.17) is 0 Å². The number of hydrogen-bond donors (Lipinski definition) is 1. The third-order valence-electron chi connectivity index (χ3n) is 1.79. The van der Waals surface area contributed by atoms with Crippen LogP contribution in [0.1, 0.15) is 20.8 Å². The molecule has 0 aromatic heterocycles. The molecule has 1 heterocycles. The van der Waals surface area contributed by atoms with Crippen molar-refractivity contribution in [3.63, 3.8) is 0 Å². The standard InChI is InChI=1S/C9H14N2/c1-4-8-6-10-7(3)11-9(8)5-2/h4-5H,6H2,1-3H3,(H,10,11). The highest BCUT2D eigenvalue weighted by molar-refractivity contribution is 5.83. The van der Waals surface area contributed by atoms with Gasteiger partial charge in [-0.2, -0.15) is 0 Å². The molecule has 0 aromatic rings. The summed E-state index contributed by atoms with van der Waals surface area (Å²) in [4.78, 5) is 4.28. The van der Waals surface area contributed by atoms with E-state index in [9.17, 15) is 0 Å². The maximum absolute atomic E-state index is 4.28. The SMILES string of the molecule is CC=C1CN=C(C)NC1=CC. The fraction of sp³-hybridized carbons (Fsp3) is 0.444. The molecular formula is C9H14N2. The molecule has 1 rings (SSSR count). The first-order valence-electron chi connectivity index (χ1n) is 3.88. The molecular weight excluding hydrogens is 136 g/mol. The van der Waals surface area contributed by atoms with Crippen LogP contribution >= 0.6 is 0 Å². The Morgan fingerprint density at radius 2 is 2.09 bits per heavy atom. The molecule has 0 radical (unpaired) electrons. The molecule has 0 bridgehead atoms. The quantitative estimate of drug-likeness (QED) is 0.560. The van der Waals surface area contributed by atoms with Crippen LogP contribution in [-0.2, 0) is 0 Å². The first kappa shape index (κ1) is 8.05. The van der Waals surface area contributed by atoms with E-state index in [1.165, 1.54) is 11.3 Å². The molecule has 2 nitrogen and oxygen atoms in total. The predicted octanol–water partition coefficient (Wildman–Crippen LogP) is 1.86. The van der Waals surface area contributed by atoms with Gasteiger partial charge >= 0.3 is 0 Å². The fourth-order valence-corrected chi connectivity index (χ4v) is 1.11. The van der Waals surface area contributed by atoms with Crippen molar-refractivity contribution in [2.45, 2.75) is 20.8 Å². The Kier molecular flexibility index (Phi) is 2.47. The highest BCUT2D eigenvalue weighted by atomic mass is 15.0. The van der Waals surface area contributed by atoms with Gasteiger partial charge in [-0.15, -0.1) is 0 Å². The number of hydrogen-bond acceptors (Lipinski definition) is 2. The Bertz CT molecular complexity index is 234. The van der Waals surface area contributed by atoms with Crippen LogP contribution in [0.15, 0.2) is 28.4 Å². The van der Waals surface area contributed by atoms with Gasteiger partial charge in [-0.05, 0) is 26.3 Å². The Morgan fingerprint density at radius 3 is 2.64 bits per heavy atom. The van der Waals surface area contributed by atoms with E-state index >= 15 is 0 Å². The number of allylic oxidation sites excluding steroid dienone is 2. The first-order valence-corrected chi connectivity index (χ1v) is 3.88. The Balaban J connectivity index is 2.88. The summed E-state index contributed by atoms with van der Waals surface area (Å²) in [5.74, 6) is 1.00. The molecule has 0 atom stereocenters. The minimum Gasteiger partial charge on any atom is -0.344 e. The van der Waals surface area contributed by atoms with Gasteiger partial charge in [0.15, 0.2) is 0 Å². The van der Waals surface area contributed by atoms with Gasteiger partial charge < -0.3 is 5.32 Å². The van der Waals surface area contributed by atoms with E-state index in [1.807, 2.05) is 20.8 Å². The second-order valence-electron chi connectivity index (χ2n) is 2.54. The van der Waals surface area contributed by atoms with Crippen LogP contribution < -0.4 is 5.32 Å². The molecule has 60 valence electrons. The summed E-state index contributed by atoms with van der Waals surface area (Å²) in [6.07, 6.45) is 4.17. The maximum atomic E-state index is 4.28. The Labute approximate surface area is 67.7 Å². The topological polar surface area (TPSA) is 24.4 Å². The van der Waals surface area contributed by atoms with Crippen molar-refractivity contribution in [2.24, 2.45) is 4.99 Å². The van der Waals surface area contributed by atoms with Crippen LogP contribution in [0.3, 0.4) is 0 Å². The molecule has 0 aliphatic carbocycles. The molecule has 11 heavy (non-hydrogen) atoms. The molecule has 1 aliphatic rings. The number of amidine groups is 1. The molecule has 0 aromatic carbocycles. The van der Waals surface area contributed by atoms with Crippen molar-refractivity contribution in [1.29, 1.82) is 0 Å². The van der Waals surface area contributed by atoms with Gasteiger partial charge in [0.2, 0.25) is 0 Å². The Morgan fingerprint density at radius 1 is 1.36 bits per heavy atom. The third-order valence-corrected chi connectivity index (χ3v) is 1.79. The van der Waals surface area contributed by atoms with Gasteiger partial charge in [-0.1, -0.05) is 12.2 Å². The molecule has 1 N–H and O–H groups in total. The number of nitrogens with zero attached hydrogens (tertiary/aromatic N) is 1. The summed E-state index contributed by atoms with van der Waals surface area (Å²) in [6.45, 7) is 6.87. The van der Waals surface area contributed by atoms with Gasteiger partial charge in [0.05, 0.1) is 12.4 Å². The summed E-state index contributed by atoms with van der Waals surface area (Å²) in [5.41, 5.74) is 2.47. The smallest absolute Gasteiger partial charge is 0.0979 e. The highest BCUT2D eigenvalue weighted by Crippen LogP contribution is 2.11. The maximum Gasteiger partial charge on any atom is 0.0979 e. The zero-order valence-electron chi connectivity index (χ0n) is 7.31. The van der Waals surface area contributed by atoms with Gasteiger partial charge in [0.25, 0.3) is 0 Å². The normalized spacial score (nSPS) is 25.2. The lowest BCUT2D eigenvalue weighted by molar-refractivity contribution is 0.971. The van der Waals surface area contributed by atoms with E-state index in [-0.39, 0.29) is 0 Å². The monoisotopic (exact) mass is 150 g/mol. The molecule has 2 heteroatoms. The number of nitrogens with one attached hydrogen (secondary N) is 1. The number of aliphatic imine (C=N–C) groups is 1. The van der Waals surface area contributed by atoms with Crippen LogP contribution in [0.5, 0.6) is 0 Å². The van der Waals surface area contributed by atoms with Crippen LogP contribution in [-0.4, -0.2) is 12.4 Å². The van der Waals surface area contributed by atoms with E-state index in [0.29, 0.717) is 0 Å². The van der Waals surface area contributed by atoms with Crippen molar-refractivity contribution in [3.8, 4) is 0 Å². The van der Waals surface area contributed by atoms with E-state index < -0.39 is 0 Å². The molecule has 1 aliphatic heterocycles. The largest absolute Gasteiger partial charge is 0.344 e. The van der Waals surface area contributed by atoms with E-state index in [0.717, 1.165) is 12.4 Å². The second kappa shape index (κ2) is 3.37. The summed E-state index contributed by atoms with van der Waals surface area (Å²) in [7, 11) is 0. The molecule has 0 saturated heterocycles. The second-order valence-corrected chi connectivity index (χ2v) is 2.54. The van der Waals surface area contributed by atoms with Gasteiger partial charge in [-0.3, -0.25) is 4.99 Å². The minimum absolute atomic E-state index is 0.814. The average Bonchev–Trinajstić information content (AvgIpc) is 2.04. The van der Waals surface area contributed by atoms with Crippen molar-refractivity contribution in [2.75, 3.05) is 6.54 Å². The van der Waals surface area contributed by atoms with Crippen LogP contribution in [0.25, 0.3) is 0 Å². The van der Waals surface area contributed by atoms with E-state index in [1.54, 1.807) is 0 Å². The zero-order valence-corrected chi connectivity index (χ0v) is 7.31. The number of rotatable bonds is 0. The fourth-order valence-electron chi connectivity index (χ4n) is 1.11. The Hall–Kier alpha value is -1.05. The van der Waals surface area contributed by atoms with Crippen LogP contribution in [0.4, 0.5) is 0 Å². The molecule has 0 unspecified atom stereocenters. The summed E-state index contributed by atoms with van der Waals surface area (Å²) < 4.78 is 0. The molecule has 0 amide bonds. The lowest BCUT2D eigenvalue weighted by Gasteiger charge is -2.17. The van der Waals surface area contributed by atoms with Crippen molar-refractivity contribution >= 4 is 5.84 Å².